The molecule has 1 unspecified atom stereocenters. The van der Waals surface area contributed by atoms with Gasteiger partial charge in [-0.05, 0) is 24.1 Å². The van der Waals surface area contributed by atoms with Crippen molar-refractivity contribution in [3.63, 3.8) is 0 Å². The van der Waals surface area contributed by atoms with E-state index in [0.717, 1.165) is 9.04 Å². The number of nitrogens with zero attached hydrogens (tertiary/aromatic N) is 2. The van der Waals surface area contributed by atoms with E-state index in [1.165, 1.54) is 0 Å². The molecule has 1 heterocycles. The van der Waals surface area contributed by atoms with E-state index in [4.69, 9.17) is 25.3 Å². The van der Waals surface area contributed by atoms with Gasteiger partial charge in [-0.2, -0.15) is 0 Å². The normalized spacial score (nSPS) is 22.8. The van der Waals surface area contributed by atoms with E-state index in [0.29, 0.717) is 5.56 Å². The number of rotatable bonds is 6. The Balaban J connectivity index is 2.66. The molecule has 0 aliphatic rings. The van der Waals surface area contributed by atoms with Crippen LogP contribution >= 0.6 is 27.5 Å². The highest BCUT2D eigenvalue weighted by molar-refractivity contribution is 9.10. The molecule has 0 saturated carbocycles. The van der Waals surface area contributed by atoms with Crippen molar-refractivity contribution in [1.29, 1.82) is 0 Å². The minimum atomic E-state index is -3.42. The molecule has 3 nitrogen and oxygen atoms in total. The molecule has 5 heteroatoms. The molecule has 20 heavy (non-hydrogen) atoms. The van der Waals surface area contributed by atoms with Gasteiger partial charge in [0.05, 0.1) is 15.0 Å². The van der Waals surface area contributed by atoms with Crippen LogP contribution in [0.5, 0.6) is 0 Å². The second-order valence-corrected chi connectivity index (χ2v) is 5.12. The molecule has 1 aromatic carbocycles. The Hall–Kier alpha value is -0.840. The molecular weight excluding hydrogens is 340 g/mol. The zero-order chi connectivity index (χ0) is 23.3. The van der Waals surface area contributed by atoms with E-state index in [2.05, 4.69) is 20.9 Å². The van der Waals surface area contributed by atoms with Crippen LogP contribution in [0.3, 0.4) is 0 Å². The Morgan fingerprint density at radius 3 is 2.85 bits per heavy atom. The maximum Gasteiger partial charge on any atom is 0.152 e. The van der Waals surface area contributed by atoms with E-state index in [-0.39, 0.29) is 6.54 Å². The minimum Gasteiger partial charge on any atom is -0.390 e. The summed E-state index contributed by atoms with van der Waals surface area (Å²) in [5.41, 5.74) is 0.00943. The van der Waals surface area contributed by atoms with Crippen molar-refractivity contribution in [1.82, 2.24) is 9.55 Å². The molecule has 2 rings (SSSR count). The van der Waals surface area contributed by atoms with Crippen LogP contribution in [0.25, 0.3) is 0 Å². The SMILES string of the molecule is [2H]C(c1nc(Cl)c(C([2H])([2H])O)n1Cc1ccc(Br)cc1)C([2H])([2H])C([2H])([2H])C([2H])([2H])[2H]. The number of aromatic nitrogens is 2. The zero-order valence-corrected chi connectivity index (χ0v) is 12.5. The average molecular weight is 368 g/mol. The number of hydrogen-bond donors (Lipinski definition) is 1. The fraction of sp³-hybridized carbons (Fsp3) is 0.400. The first kappa shape index (κ1) is 6.95. The minimum absolute atomic E-state index is 0.181. The second-order valence-electron chi connectivity index (χ2n) is 3.85. The quantitative estimate of drug-likeness (QED) is 0.831. The first-order chi connectivity index (χ1) is 13.4. The predicted molar refractivity (Wildman–Crippen MR) is 85.0 cm³/mol. The molecule has 0 bridgehead atoms. The molecule has 0 saturated heterocycles. The number of aryl methyl sites for hydroxylation is 1. The van der Waals surface area contributed by atoms with E-state index < -0.39 is 49.2 Å². The topological polar surface area (TPSA) is 38.1 Å². The van der Waals surface area contributed by atoms with Crippen LogP contribution in [0.15, 0.2) is 28.7 Å². The van der Waals surface area contributed by atoms with Crippen molar-refractivity contribution in [3.05, 3.63) is 51.0 Å². The van der Waals surface area contributed by atoms with Crippen molar-refractivity contribution >= 4 is 27.5 Å². The van der Waals surface area contributed by atoms with Gasteiger partial charge in [0.25, 0.3) is 0 Å². The molecule has 108 valence electrons. The Bertz CT molecular complexity index is 908. The molecule has 0 spiro atoms. The summed E-state index contributed by atoms with van der Waals surface area (Å²) in [5.74, 6) is -0.519. The highest BCUT2D eigenvalue weighted by Gasteiger charge is 2.15. The third-order valence-electron chi connectivity index (χ3n) is 2.59. The van der Waals surface area contributed by atoms with Crippen LogP contribution in [-0.4, -0.2) is 14.7 Å². The van der Waals surface area contributed by atoms with Crippen molar-refractivity contribution < 1.29 is 18.8 Å². The highest BCUT2D eigenvalue weighted by Crippen LogP contribution is 2.21. The third kappa shape index (κ3) is 3.62. The van der Waals surface area contributed by atoms with Gasteiger partial charge >= 0.3 is 0 Å². The lowest BCUT2D eigenvalue weighted by molar-refractivity contribution is 0.271. The van der Waals surface area contributed by atoms with Gasteiger partial charge in [0, 0.05) is 28.4 Å². The van der Waals surface area contributed by atoms with Crippen LogP contribution in [0.2, 0.25) is 5.15 Å². The van der Waals surface area contributed by atoms with Gasteiger partial charge in [-0.25, -0.2) is 4.98 Å². The van der Waals surface area contributed by atoms with Gasteiger partial charge in [-0.3, -0.25) is 0 Å². The van der Waals surface area contributed by atoms with Crippen molar-refractivity contribution in [2.24, 2.45) is 0 Å². The summed E-state index contributed by atoms with van der Waals surface area (Å²) < 4.78 is 78.9. The molecule has 0 aliphatic heterocycles. The van der Waals surface area contributed by atoms with Crippen LogP contribution in [0.4, 0.5) is 0 Å². The average Bonchev–Trinajstić information content (AvgIpc) is 2.91. The number of imidazole rings is 1. The number of benzene rings is 1. The summed E-state index contributed by atoms with van der Waals surface area (Å²) in [5, 5.41) is 9.38. The van der Waals surface area contributed by atoms with E-state index >= 15 is 0 Å². The van der Waals surface area contributed by atoms with Crippen molar-refractivity contribution in [3.8, 4) is 0 Å². The molecule has 0 aliphatic carbocycles. The molecule has 0 radical (unpaired) electrons. The molecule has 0 amide bonds. The monoisotopic (exact) mass is 366 g/mol. The first-order valence-corrected chi connectivity index (χ1v) is 6.74. The lowest BCUT2D eigenvalue weighted by Gasteiger charge is -2.11. The maximum absolute atomic E-state index is 9.92. The summed E-state index contributed by atoms with van der Waals surface area (Å²) in [6.45, 7) is -6.57. The number of aliphatic hydroxyl groups is 1. The molecule has 1 N–H and O–H groups in total. The Morgan fingerprint density at radius 1 is 1.45 bits per heavy atom. The van der Waals surface area contributed by atoms with Gasteiger partial charge in [-0.15, -0.1) is 0 Å². The Labute approximate surface area is 146 Å². The lowest BCUT2D eigenvalue weighted by atomic mass is 10.2. The Kier molecular flexibility index (Phi) is 2.52. The largest absolute Gasteiger partial charge is 0.390 e. The number of hydrogen-bond acceptors (Lipinski definition) is 2. The molecule has 0 fully saturated rings. The van der Waals surface area contributed by atoms with Crippen LogP contribution in [0.1, 0.15) is 50.4 Å². The highest BCUT2D eigenvalue weighted by atomic mass is 79.9. The van der Waals surface area contributed by atoms with Gasteiger partial charge in [0.15, 0.2) is 5.15 Å². The number of halogens is 2. The fourth-order valence-corrected chi connectivity index (χ4v) is 2.18. The summed E-state index contributed by atoms with van der Waals surface area (Å²) in [7, 11) is 0. The Morgan fingerprint density at radius 2 is 2.20 bits per heavy atom. The third-order valence-corrected chi connectivity index (χ3v) is 3.38. The summed E-state index contributed by atoms with van der Waals surface area (Å²) in [4.78, 5) is 3.79. The van der Waals surface area contributed by atoms with Gasteiger partial charge in [0.2, 0.25) is 0 Å². The molecular formula is C15H18BrClN2O. The van der Waals surface area contributed by atoms with Gasteiger partial charge < -0.3 is 9.67 Å². The summed E-state index contributed by atoms with van der Waals surface area (Å²) >= 11 is 9.25. The summed E-state index contributed by atoms with van der Waals surface area (Å²) in [6, 6.07) is 6.67. The summed E-state index contributed by atoms with van der Waals surface area (Å²) in [6.07, 6.45) is -8.88. The zero-order valence-electron chi connectivity index (χ0n) is 20.2. The second kappa shape index (κ2) is 7.25. The molecule has 1 aromatic heterocycles. The lowest BCUT2D eigenvalue weighted by Crippen LogP contribution is -2.09. The van der Waals surface area contributed by atoms with Crippen LogP contribution < -0.4 is 0 Å². The van der Waals surface area contributed by atoms with E-state index in [1.807, 2.05) is 0 Å². The van der Waals surface area contributed by atoms with Gasteiger partial charge in [-0.1, -0.05) is 52.9 Å². The van der Waals surface area contributed by atoms with E-state index in [1.54, 1.807) is 24.3 Å². The fourth-order valence-electron chi connectivity index (χ4n) is 1.69. The smallest absolute Gasteiger partial charge is 0.152 e. The van der Waals surface area contributed by atoms with Crippen molar-refractivity contribution in [2.45, 2.75) is 39.1 Å². The van der Waals surface area contributed by atoms with Crippen molar-refractivity contribution in [2.75, 3.05) is 0 Å². The van der Waals surface area contributed by atoms with Crippen LogP contribution in [0, 0.1) is 0 Å². The standard InChI is InChI=1S/C15H18BrClN2O/c1-2-3-4-14-18-15(17)13(10-20)19(14)9-11-5-7-12(16)8-6-11/h5-8,20H,2-4,9-10H2,1H3/i1D3,2D2,3D2,4D,10D2. The maximum atomic E-state index is 9.92. The van der Waals surface area contributed by atoms with Crippen LogP contribution in [-0.2, 0) is 19.5 Å². The van der Waals surface area contributed by atoms with E-state index in [9.17, 15) is 5.11 Å². The predicted octanol–water partition coefficient (Wildman–Crippen LogP) is 4.18. The first-order valence-electron chi connectivity index (χ1n) is 10.6. The molecule has 1 atom stereocenters. The molecule has 2 aromatic rings. The van der Waals surface area contributed by atoms with Gasteiger partial charge in [0.1, 0.15) is 5.82 Å².